The van der Waals surface area contributed by atoms with Crippen LogP contribution in [0.25, 0.3) is 0 Å². The van der Waals surface area contributed by atoms with Crippen LogP contribution in [0.3, 0.4) is 0 Å². The minimum atomic E-state index is -4.68. The van der Waals surface area contributed by atoms with Crippen molar-refractivity contribution in [1.29, 1.82) is 0 Å². The predicted molar refractivity (Wildman–Crippen MR) is 47.2 cm³/mol. The Morgan fingerprint density at radius 1 is 1.19 bits per heavy atom. The Balaban J connectivity index is 3.32. The molecule has 0 N–H and O–H groups in total. The molecule has 0 radical (unpaired) electrons. The molecule has 16 heavy (non-hydrogen) atoms. The van der Waals surface area contributed by atoms with Gasteiger partial charge in [-0.3, -0.25) is 4.68 Å². The van der Waals surface area contributed by atoms with Gasteiger partial charge in [-0.1, -0.05) is 0 Å². The number of aromatic nitrogens is 2. The summed E-state index contributed by atoms with van der Waals surface area (Å²) in [5.41, 5.74) is -2.02. The maximum atomic E-state index is 12.9. The number of halogens is 5. The summed E-state index contributed by atoms with van der Waals surface area (Å²) in [6.45, 7) is 3.40. The highest BCUT2D eigenvalue weighted by Gasteiger charge is 2.39. The monoisotopic (exact) mass is 242 g/mol. The van der Waals surface area contributed by atoms with Crippen LogP contribution in [-0.4, -0.2) is 9.78 Å². The lowest BCUT2D eigenvalue weighted by molar-refractivity contribution is -0.144. The van der Waals surface area contributed by atoms with Gasteiger partial charge in [0.2, 0.25) is 0 Å². The van der Waals surface area contributed by atoms with Gasteiger partial charge < -0.3 is 0 Å². The third kappa shape index (κ3) is 2.51. The maximum absolute atomic E-state index is 12.9. The molecule has 0 aliphatic heterocycles. The van der Waals surface area contributed by atoms with Gasteiger partial charge in [0, 0.05) is 13.0 Å². The first-order valence-corrected chi connectivity index (χ1v) is 4.58. The second-order valence-electron chi connectivity index (χ2n) is 3.84. The summed E-state index contributed by atoms with van der Waals surface area (Å²) >= 11 is 0. The van der Waals surface area contributed by atoms with Crippen molar-refractivity contribution < 1.29 is 22.0 Å². The van der Waals surface area contributed by atoms with Gasteiger partial charge >= 0.3 is 6.18 Å². The number of nitrogens with zero attached hydrogens (tertiary/aromatic N) is 2. The van der Waals surface area contributed by atoms with Crippen molar-refractivity contribution in [3.05, 3.63) is 17.5 Å². The Bertz CT molecular complexity index is 372. The largest absolute Gasteiger partial charge is 0.433 e. The van der Waals surface area contributed by atoms with Crippen molar-refractivity contribution in [3.8, 4) is 0 Å². The molecule has 0 aliphatic carbocycles. The van der Waals surface area contributed by atoms with E-state index in [9.17, 15) is 22.0 Å². The lowest BCUT2D eigenvalue weighted by Gasteiger charge is -2.12. The van der Waals surface area contributed by atoms with E-state index in [4.69, 9.17) is 0 Å². The van der Waals surface area contributed by atoms with Crippen molar-refractivity contribution in [1.82, 2.24) is 9.78 Å². The molecule has 1 aromatic heterocycles. The average molecular weight is 242 g/mol. The fraction of sp³-hybridized carbons (Fsp3) is 0.667. The van der Waals surface area contributed by atoms with Crippen molar-refractivity contribution in [2.75, 3.05) is 0 Å². The third-order valence-electron chi connectivity index (χ3n) is 1.97. The molecule has 0 saturated heterocycles. The summed E-state index contributed by atoms with van der Waals surface area (Å²) in [7, 11) is 0. The van der Waals surface area contributed by atoms with E-state index in [1.807, 2.05) is 0 Å². The van der Waals surface area contributed by atoms with E-state index in [-0.39, 0.29) is 0 Å². The third-order valence-corrected chi connectivity index (χ3v) is 1.97. The standard InChI is InChI=1S/C9H11F5N2/c1-5(2)16-7(9(12,13)14)4-6(15-16)8(3,10)11/h4-5H,1-3H3. The summed E-state index contributed by atoms with van der Waals surface area (Å²) in [6.07, 6.45) is -4.68. The first-order chi connectivity index (χ1) is 7.03. The van der Waals surface area contributed by atoms with Crippen LogP contribution in [-0.2, 0) is 12.1 Å². The van der Waals surface area contributed by atoms with E-state index >= 15 is 0 Å². The normalized spacial score (nSPS) is 13.6. The Kier molecular flexibility index (Phi) is 3.00. The highest BCUT2D eigenvalue weighted by atomic mass is 19.4. The molecule has 0 saturated carbocycles. The zero-order chi connectivity index (χ0) is 12.7. The highest BCUT2D eigenvalue weighted by molar-refractivity contribution is 5.17. The first kappa shape index (κ1) is 12.9. The quantitative estimate of drug-likeness (QED) is 0.724. The lowest BCUT2D eigenvalue weighted by Crippen LogP contribution is -2.16. The summed E-state index contributed by atoms with van der Waals surface area (Å²) in [4.78, 5) is 0. The molecule has 0 unspecified atom stereocenters. The first-order valence-electron chi connectivity index (χ1n) is 4.58. The van der Waals surface area contributed by atoms with Gasteiger partial charge in [0.1, 0.15) is 11.4 Å². The summed E-state index contributed by atoms with van der Waals surface area (Å²) in [5, 5.41) is 3.29. The smallest absolute Gasteiger partial charge is 0.257 e. The molecule has 0 fully saturated rings. The van der Waals surface area contributed by atoms with Crippen LogP contribution in [0.4, 0.5) is 22.0 Å². The number of rotatable bonds is 2. The van der Waals surface area contributed by atoms with Crippen LogP contribution in [0.1, 0.15) is 38.2 Å². The Morgan fingerprint density at radius 2 is 1.69 bits per heavy atom. The molecular formula is C9H11F5N2. The number of hydrogen-bond acceptors (Lipinski definition) is 1. The molecule has 0 bridgehead atoms. The van der Waals surface area contributed by atoms with E-state index < -0.39 is 29.5 Å². The second-order valence-corrected chi connectivity index (χ2v) is 3.84. The lowest BCUT2D eigenvalue weighted by atomic mass is 10.2. The van der Waals surface area contributed by atoms with Gasteiger partial charge in [0.25, 0.3) is 5.92 Å². The number of alkyl halides is 5. The van der Waals surface area contributed by atoms with Crippen molar-refractivity contribution >= 4 is 0 Å². The summed E-state index contributed by atoms with van der Waals surface area (Å²) < 4.78 is 63.8. The van der Waals surface area contributed by atoms with Crippen LogP contribution in [0.15, 0.2) is 6.07 Å². The zero-order valence-corrected chi connectivity index (χ0v) is 8.94. The van der Waals surface area contributed by atoms with E-state index in [0.29, 0.717) is 17.7 Å². The van der Waals surface area contributed by atoms with E-state index in [1.165, 1.54) is 13.8 Å². The van der Waals surface area contributed by atoms with Gasteiger partial charge in [0.05, 0.1) is 0 Å². The van der Waals surface area contributed by atoms with Gasteiger partial charge in [0.15, 0.2) is 0 Å². The Hall–Kier alpha value is -1.14. The molecule has 1 rings (SSSR count). The van der Waals surface area contributed by atoms with Crippen LogP contribution < -0.4 is 0 Å². The minimum absolute atomic E-state index is 0.389. The molecule has 92 valence electrons. The molecule has 0 atom stereocenters. The molecule has 0 aromatic carbocycles. The number of hydrogen-bond donors (Lipinski definition) is 0. The topological polar surface area (TPSA) is 17.8 Å². The zero-order valence-electron chi connectivity index (χ0n) is 8.94. The fourth-order valence-corrected chi connectivity index (χ4v) is 1.21. The van der Waals surface area contributed by atoms with Gasteiger partial charge in [-0.25, -0.2) is 0 Å². The minimum Gasteiger partial charge on any atom is -0.257 e. The van der Waals surface area contributed by atoms with Crippen LogP contribution in [0, 0.1) is 0 Å². The average Bonchev–Trinajstić information content (AvgIpc) is 2.44. The van der Waals surface area contributed by atoms with Crippen molar-refractivity contribution in [2.24, 2.45) is 0 Å². The van der Waals surface area contributed by atoms with E-state index in [1.54, 1.807) is 0 Å². The van der Waals surface area contributed by atoms with Crippen LogP contribution in [0.5, 0.6) is 0 Å². The van der Waals surface area contributed by atoms with Crippen molar-refractivity contribution in [3.63, 3.8) is 0 Å². The molecule has 7 heteroatoms. The Labute approximate surface area is 89.1 Å². The molecule has 0 amide bonds. The van der Waals surface area contributed by atoms with Crippen LogP contribution in [0.2, 0.25) is 0 Å². The molecule has 1 aromatic rings. The molecule has 1 heterocycles. The fourth-order valence-electron chi connectivity index (χ4n) is 1.21. The molecule has 0 aliphatic rings. The summed E-state index contributed by atoms with van der Waals surface area (Å²) in [5.74, 6) is -3.37. The second kappa shape index (κ2) is 3.71. The van der Waals surface area contributed by atoms with E-state index in [0.717, 1.165) is 0 Å². The van der Waals surface area contributed by atoms with Gasteiger partial charge in [-0.05, 0) is 19.9 Å². The molecular weight excluding hydrogens is 231 g/mol. The van der Waals surface area contributed by atoms with E-state index in [2.05, 4.69) is 5.10 Å². The Morgan fingerprint density at radius 3 is 1.94 bits per heavy atom. The SMILES string of the molecule is CC(C)n1nc(C(C)(F)F)cc1C(F)(F)F. The predicted octanol–water partition coefficient (Wildman–Crippen LogP) is 3.59. The van der Waals surface area contributed by atoms with Crippen molar-refractivity contribution in [2.45, 2.75) is 38.9 Å². The van der Waals surface area contributed by atoms with Gasteiger partial charge in [-0.15, -0.1) is 0 Å². The summed E-state index contributed by atoms with van der Waals surface area (Å²) in [6, 6.07) is -0.243. The molecule has 2 nitrogen and oxygen atoms in total. The molecule has 0 spiro atoms. The highest BCUT2D eigenvalue weighted by Crippen LogP contribution is 2.35. The van der Waals surface area contributed by atoms with Gasteiger partial charge in [-0.2, -0.15) is 27.1 Å². The van der Waals surface area contributed by atoms with Crippen LogP contribution >= 0.6 is 0 Å². The maximum Gasteiger partial charge on any atom is 0.433 e.